The van der Waals surface area contributed by atoms with Crippen LogP contribution in [0.5, 0.6) is 0 Å². The number of halogens is 4. The van der Waals surface area contributed by atoms with Gasteiger partial charge in [0.15, 0.2) is 0 Å². The van der Waals surface area contributed by atoms with Crippen LogP contribution in [0.2, 0.25) is 0 Å². The molecule has 3 saturated carbocycles. The Balaban J connectivity index is 1.56. The van der Waals surface area contributed by atoms with E-state index in [9.17, 15) is 51.5 Å². The van der Waals surface area contributed by atoms with E-state index >= 15 is 14.4 Å². The van der Waals surface area contributed by atoms with Crippen LogP contribution in [-0.4, -0.2) is 227 Å². The van der Waals surface area contributed by atoms with Crippen LogP contribution in [-0.2, 0) is 52.7 Å². The number of nitrogens with zero attached hydrogens (tertiary/aromatic N) is 7. The number of amides is 11. The summed E-state index contributed by atoms with van der Waals surface area (Å²) in [6.45, 7) is 15.4. The summed E-state index contributed by atoms with van der Waals surface area (Å²) in [4.78, 5) is 170. The van der Waals surface area contributed by atoms with E-state index in [1.807, 2.05) is 34.6 Å². The summed E-state index contributed by atoms with van der Waals surface area (Å²) in [5.74, 6) is -9.42. The van der Waals surface area contributed by atoms with E-state index in [2.05, 4.69) is 21.3 Å². The fraction of sp³-hybridized carbons (Fsp3) is 0.836. The first kappa shape index (κ1) is 78.0. The maximum absolute atomic E-state index is 15.2. The first-order chi connectivity index (χ1) is 43.4. The zero-order valence-corrected chi connectivity index (χ0v) is 58.9. The molecule has 2 saturated heterocycles. The van der Waals surface area contributed by atoms with E-state index in [1.165, 1.54) is 71.7 Å². The molecule has 1 spiro atoms. The second-order valence-corrected chi connectivity index (χ2v) is 29.8. The highest BCUT2D eigenvalue weighted by Crippen LogP contribution is 2.41. The minimum Gasteiger partial charge on any atom is -0.351 e. The minimum atomic E-state index is -4.35. The van der Waals surface area contributed by atoms with Gasteiger partial charge in [0.25, 0.3) is 0 Å². The van der Waals surface area contributed by atoms with E-state index in [0.29, 0.717) is 44.9 Å². The first-order valence-electron chi connectivity index (χ1n) is 34.2. The van der Waals surface area contributed by atoms with Crippen LogP contribution in [0.1, 0.15) is 191 Å². The molecule has 0 bridgehead atoms. The van der Waals surface area contributed by atoms with Gasteiger partial charge in [-0.1, -0.05) is 74.7 Å². The van der Waals surface area contributed by atoms with Gasteiger partial charge in [-0.15, -0.1) is 11.6 Å². The van der Waals surface area contributed by atoms with Crippen LogP contribution >= 0.6 is 11.6 Å². The van der Waals surface area contributed by atoms with Crippen molar-refractivity contribution in [2.75, 3.05) is 61.9 Å². The van der Waals surface area contributed by atoms with Gasteiger partial charge in [0.2, 0.25) is 65.0 Å². The summed E-state index contributed by atoms with van der Waals surface area (Å²) in [7, 11) is 8.68. The molecule has 0 unspecified atom stereocenters. The molecule has 0 aromatic rings. The van der Waals surface area contributed by atoms with Gasteiger partial charge in [-0.2, -0.15) is 13.2 Å². The Bertz CT molecular complexity index is 2630. The Labute approximate surface area is 555 Å². The topological polar surface area (TPSA) is 259 Å². The van der Waals surface area contributed by atoms with Crippen molar-refractivity contribution in [2.45, 2.75) is 256 Å². The molecule has 5 fully saturated rings. The number of rotatable bonds is 12. The Morgan fingerprint density at radius 1 is 0.581 bits per heavy atom. The lowest BCUT2D eigenvalue weighted by atomic mass is 9.79. The van der Waals surface area contributed by atoms with Crippen LogP contribution in [0, 0.1) is 41.4 Å². The van der Waals surface area contributed by atoms with E-state index in [4.69, 9.17) is 11.6 Å². The zero-order chi connectivity index (χ0) is 69.7. The summed E-state index contributed by atoms with van der Waals surface area (Å²) >= 11 is 6.51. The number of nitrogens with one attached hydrogen (secondary N) is 4. The van der Waals surface area contributed by atoms with Gasteiger partial charge in [-0.25, -0.2) is 0 Å². The minimum absolute atomic E-state index is 0.0183. The molecular weight excluding hydrogens is 1230 g/mol. The smallest absolute Gasteiger partial charge is 0.351 e. The van der Waals surface area contributed by atoms with Gasteiger partial charge in [0.1, 0.15) is 47.8 Å². The molecule has 26 heteroatoms. The van der Waals surface area contributed by atoms with Crippen molar-refractivity contribution in [3.63, 3.8) is 0 Å². The Hall–Kier alpha value is -5.75. The molecule has 93 heavy (non-hydrogen) atoms. The summed E-state index contributed by atoms with van der Waals surface area (Å²) < 4.78 is 41.4. The van der Waals surface area contributed by atoms with Crippen molar-refractivity contribution in [1.29, 1.82) is 0 Å². The molecule has 22 nitrogen and oxygen atoms in total. The molecule has 528 valence electrons. The zero-order valence-electron chi connectivity index (χ0n) is 58.1. The van der Waals surface area contributed by atoms with E-state index < -0.39 is 156 Å². The summed E-state index contributed by atoms with van der Waals surface area (Å²) in [5, 5.41) is 11.7. The van der Waals surface area contributed by atoms with Crippen molar-refractivity contribution in [3.8, 4) is 0 Å². The molecule has 11 amide bonds. The van der Waals surface area contributed by atoms with Gasteiger partial charge in [-0.3, -0.25) is 52.7 Å². The van der Waals surface area contributed by atoms with Gasteiger partial charge in [-0.05, 0) is 145 Å². The highest BCUT2D eigenvalue weighted by Gasteiger charge is 2.50. The number of hydrogen-bond donors (Lipinski definition) is 4. The van der Waals surface area contributed by atoms with Crippen molar-refractivity contribution in [2.24, 2.45) is 41.4 Å². The van der Waals surface area contributed by atoms with E-state index in [0.717, 1.165) is 4.90 Å². The summed E-state index contributed by atoms with van der Waals surface area (Å²) in [6, 6.07) is -8.70. The van der Waals surface area contributed by atoms with Crippen LogP contribution in [0.4, 0.5) is 13.2 Å². The Morgan fingerprint density at radius 2 is 1.14 bits per heavy atom. The SMILES string of the molecule is CC[C@H](C)[C@@H]1NC(=O)[C@H](C(C)C)N(C)C(=O)C[C@@H](C)NC(=O)[C@H](CC(C)C)N(C)C(=O)C2(CCCC2)NC(=O)[C@H](CC(C)C)N(C)C(=O)[C@H](CCC2CCC(C(F)(F)F)CC2)NC(=O)CN(C)C(=O)[C@H](CC2CCC(Cl)CC2)N(C)C(=O)CN(C)C(=O)[C@@H]2CCN2C1=O. The largest absolute Gasteiger partial charge is 0.391 e. The first-order valence-corrected chi connectivity index (χ1v) is 34.6. The number of likely N-dealkylation sites (N-methyl/N-ethyl adjacent to an activating group) is 6. The Morgan fingerprint density at radius 3 is 1.67 bits per heavy atom. The average Bonchev–Trinajstić information content (AvgIpc) is 1.82. The molecule has 3 aliphatic carbocycles. The standard InChI is InChI=1S/C67H111ClF3N11O11/c1-16-42(8)56-64(92)82-32-29-49(82)62(90)77(11)38-55(85)78(12)52(36-45-21-26-47(68)27-22-45)63(91)76(10)37-53(83)73-48(28-23-44-19-24-46(25-20-44)67(69,70)71)61(89)79(13)51(34-40(4)5)59(87)75-66(30-17-18-31-66)65(93)80(14)50(33-39(2)3)58(86)72-43(9)35-54(84)81(15)57(41(6)7)60(88)74-56/h39-52,56-57H,16-38H2,1-15H3,(H,72,86)(H,73,83)(H,74,88)(H,75,87)/t42-,43+,44?,45?,46?,47?,48-,49-,50-,51-,52-,56-,57-/m0/s1. The number of fused-ring (bicyclic) bond motifs is 1. The lowest BCUT2D eigenvalue weighted by molar-refractivity contribution is -0.184. The van der Waals surface area contributed by atoms with Crippen LogP contribution in [0.3, 0.4) is 0 Å². The van der Waals surface area contributed by atoms with Crippen molar-refractivity contribution >= 4 is 76.6 Å². The predicted octanol–water partition coefficient (Wildman–Crippen LogP) is 6.25. The lowest BCUT2D eigenvalue weighted by Crippen LogP contribution is -2.65. The molecule has 4 N–H and O–H groups in total. The van der Waals surface area contributed by atoms with Crippen LogP contribution in [0.15, 0.2) is 0 Å². The van der Waals surface area contributed by atoms with Crippen LogP contribution in [0.25, 0.3) is 0 Å². The maximum Gasteiger partial charge on any atom is 0.391 e. The van der Waals surface area contributed by atoms with Crippen molar-refractivity contribution < 1.29 is 65.9 Å². The summed E-state index contributed by atoms with van der Waals surface area (Å²) in [6.07, 6.45) is 1.41. The molecule has 0 aromatic heterocycles. The molecule has 9 atom stereocenters. The van der Waals surface area contributed by atoms with E-state index in [-0.39, 0.29) is 119 Å². The van der Waals surface area contributed by atoms with E-state index in [1.54, 1.807) is 27.7 Å². The van der Waals surface area contributed by atoms with Gasteiger partial charge >= 0.3 is 6.18 Å². The fourth-order valence-corrected chi connectivity index (χ4v) is 14.6. The average molecular weight is 1340 g/mol. The highest BCUT2D eigenvalue weighted by atomic mass is 35.5. The number of alkyl halides is 4. The highest BCUT2D eigenvalue weighted by molar-refractivity contribution is 6.20. The number of carbonyl (C=O) groups excluding carboxylic acids is 11. The third kappa shape index (κ3) is 20.6. The van der Waals surface area contributed by atoms with Gasteiger partial charge in [0, 0.05) is 66.7 Å². The third-order valence-corrected chi connectivity index (χ3v) is 21.0. The van der Waals surface area contributed by atoms with Crippen molar-refractivity contribution in [1.82, 2.24) is 55.6 Å². The lowest BCUT2D eigenvalue weighted by Gasteiger charge is -2.44. The maximum atomic E-state index is 15.2. The summed E-state index contributed by atoms with van der Waals surface area (Å²) in [5.41, 5.74) is -1.50. The molecule has 2 aliphatic heterocycles. The quantitative estimate of drug-likeness (QED) is 0.159. The molecule has 2 heterocycles. The molecule has 5 aliphatic rings. The second kappa shape index (κ2) is 34.3. The predicted molar refractivity (Wildman–Crippen MR) is 347 cm³/mol. The number of hydrogen-bond acceptors (Lipinski definition) is 11. The van der Waals surface area contributed by atoms with Gasteiger partial charge < -0.3 is 55.6 Å². The van der Waals surface area contributed by atoms with Crippen LogP contribution < -0.4 is 21.3 Å². The third-order valence-electron chi connectivity index (χ3n) is 20.6. The molecule has 0 aromatic carbocycles. The molecular formula is C67H111ClF3N11O11. The Kier molecular flexibility index (Phi) is 28.7. The number of carbonyl (C=O) groups is 11. The monoisotopic (exact) mass is 1340 g/mol. The molecule has 0 radical (unpaired) electrons. The van der Waals surface area contributed by atoms with Gasteiger partial charge in [0.05, 0.1) is 19.0 Å². The van der Waals surface area contributed by atoms with Crippen molar-refractivity contribution in [3.05, 3.63) is 0 Å². The fourth-order valence-electron chi connectivity index (χ4n) is 14.4. The second-order valence-electron chi connectivity index (χ2n) is 29.2. The molecule has 5 rings (SSSR count). The normalized spacial score (nSPS) is 30.6.